The van der Waals surface area contributed by atoms with Gasteiger partial charge in [-0.1, -0.05) is 39.2 Å². The van der Waals surface area contributed by atoms with Crippen LogP contribution in [0.3, 0.4) is 0 Å². The first-order valence-electron chi connectivity index (χ1n) is 4.53. The molecule has 0 heterocycles. The van der Waals surface area contributed by atoms with E-state index in [1.807, 2.05) is 0 Å². The molecule has 2 atom stereocenters. The summed E-state index contributed by atoms with van der Waals surface area (Å²) in [5, 5.41) is 9.31. The van der Waals surface area contributed by atoms with Gasteiger partial charge >= 0.3 is 0 Å². The van der Waals surface area contributed by atoms with E-state index in [1.54, 1.807) is 6.08 Å². The summed E-state index contributed by atoms with van der Waals surface area (Å²) < 4.78 is 0. The van der Waals surface area contributed by atoms with E-state index < -0.39 is 0 Å². The van der Waals surface area contributed by atoms with Crippen LogP contribution in [0.15, 0.2) is 12.7 Å². The Morgan fingerprint density at radius 2 is 2.09 bits per heavy atom. The molecule has 0 aliphatic carbocycles. The van der Waals surface area contributed by atoms with Gasteiger partial charge in [0.2, 0.25) is 0 Å². The van der Waals surface area contributed by atoms with Gasteiger partial charge in [-0.3, -0.25) is 0 Å². The number of aliphatic hydroxyl groups is 1. The molecule has 0 fully saturated rings. The van der Waals surface area contributed by atoms with Gasteiger partial charge in [0.25, 0.3) is 0 Å². The van der Waals surface area contributed by atoms with Gasteiger partial charge in [0.05, 0.1) is 6.10 Å². The lowest BCUT2D eigenvalue weighted by Crippen LogP contribution is -2.13. The van der Waals surface area contributed by atoms with Crippen molar-refractivity contribution >= 4 is 0 Å². The lowest BCUT2D eigenvalue weighted by Gasteiger charge is -2.14. The van der Waals surface area contributed by atoms with E-state index in [-0.39, 0.29) is 6.10 Å². The Labute approximate surface area is 70.1 Å². The molecule has 0 bridgehead atoms. The van der Waals surface area contributed by atoms with E-state index in [4.69, 9.17) is 0 Å². The maximum atomic E-state index is 9.31. The zero-order chi connectivity index (χ0) is 8.69. The fraction of sp³-hybridized carbons (Fsp3) is 0.800. The van der Waals surface area contributed by atoms with Crippen LogP contribution in [-0.2, 0) is 0 Å². The molecule has 0 aliphatic heterocycles. The van der Waals surface area contributed by atoms with E-state index in [2.05, 4.69) is 20.4 Å². The number of hydrogen-bond donors (Lipinski definition) is 1. The van der Waals surface area contributed by atoms with Crippen molar-refractivity contribution in [1.29, 1.82) is 0 Å². The highest BCUT2D eigenvalue weighted by molar-refractivity contribution is 4.81. The minimum absolute atomic E-state index is 0.313. The molecular weight excluding hydrogens is 136 g/mol. The van der Waals surface area contributed by atoms with Gasteiger partial charge in [-0.2, -0.15) is 0 Å². The van der Waals surface area contributed by atoms with Gasteiger partial charge in [-0.25, -0.2) is 0 Å². The number of unbranched alkanes of at least 4 members (excludes halogenated alkanes) is 2. The molecular formula is C10H20O. The third kappa shape index (κ3) is 5.02. The van der Waals surface area contributed by atoms with Crippen molar-refractivity contribution in [3.8, 4) is 0 Å². The normalized spacial score (nSPS) is 15.9. The summed E-state index contributed by atoms with van der Waals surface area (Å²) in [6.45, 7) is 7.82. The molecule has 0 aliphatic rings. The van der Waals surface area contributed by atoms with Crippen LogP contribution in [0, 0.1) is 5.92 Å². The molecule has 66 valence electrons. The van der Waals surface area contributed by atoms with Crippen molar-refractivity contribution in [2.45, 2.75) is 45.6 Å². The second-order valence-corrected chi connectivity index (χ2v) is 3.20. The second-order valence-electron chi connectivity index (χ2n) is 3.20. The molecule has 1 N–H and O–H groups in total. The topological polar surface area (TPSA) is 20.2 Å². The van der Waals surface area contributed by atoms with Crippen molar-refractivity contribution in [3.05, 3.63) is 12.7 Å². The van der Waals surface area contributed by atoms with Crippen LogP contribution in [0.5, 0.6) is 0 Å². The number of rotatable bonds is 6. The maximum Gasteiger partial charge on any atom is 0.0743 e. The molecule has 1 heteroatoms. The Morgan fingerprint density at radius 1 is 1.45 bits per heavy atom. The molecule has 0 aromatic heterocycles. The second kappa shape index (κ2) is 6.41. The summed E-state index contributed by atoms with van der Waals surface area (Å²) in [6, 6.07) is 0. The van der Waals surface area contributed by atoms with Crippen LogP contribution in [-0.4, -0.2) is 11.2 Å². The van der Waals surface area contributed by atoms with Crippen molar-refractivity contribution in [2.75, 3.05) is 0 Å². The fourth-order valence-corrected chi connectivity index (χ4v) is 1.12. The molecule has 0 amide bonds. The average Bonchev–Trinajstić information content (AvgIpc) is 2.03. The summed E-state index contributed by atoms with van der Waals surface area (Å²) in [6.07, 6.45) is 6.16. The first-order valence-corrected chi connectivity index (χ1v) is 4.53. The first kappa shape index (κ1) is 10.7. The molecule has 0 spiro atoms. The summed E-state index contributed by atoms with van der Waals surface area (Å²) in [7, 11) is 0. The molecule has 11 heavy (non-hydrogen) atoms. The lowest BCUT2D eigenvalue weighted by atomic mass is 9.98. The fourth-order valence-electron chi connectivity index (χ4n) is 1.12. The Balaban J connectivity index is 3.35. The highest BCUT2D eigenvalue weighted by Crippen LogP contribution is 2.13. The smallest absolute Gasteiger partial charge is 0.0743 e. The summed E-state index contributed by atoms with van der Waals surface area (Å²) in [5.74, 6) is 0.374. The molecule has 0 saturated heterocycles. The zero-order valence-electron chi connectivity index (χ0n) is 7.71. The van der Waals surface area contributed by atoms with Crippen LogP contribution < -0.4 is 0 Å². The quantitative estimate of drug-likeness (QED) is 0.463. The Kier molecular flexibility index (Phi) is 6.24. The van der Waals surface area contributed by atoms with Crippen molar-refractivity contribution in [2.24, 2.45) is 5.92 Å². The standard InChI is InChI=1S/C10H20O/c1-4-6-7-8-9(3)10(11)5-2/h5,9-11H,2,4,6-8H2,1,3H3. The molecule has 1 nitrogen and oxygen atoms in total. The minimum Gasteiger partial charge on any atom is -0.389 e. The van der Waals surface area contributed by atoms with Gasteiger partial charge in [0, 0.05) is 0 Å². The Morgan fingerprint density at radius 3 is 2.55 bits per heavy atom. The van der Waals surface area contributed by atoms with Crippen LogP contribution in [0.2, 0.25) is 0 Å². The monoisotopic (exact) mass is 156 g/mol. The van der Waals surface area contributed by atoms with Gasteiger partial charge in [-0.05, 0) is 12.3 Å². The van der Waals surface area contributed by atoms with E-state index in [0.29, 0.717) is 5.92 Å². The van der Waals surface area contributed by atoms with Crippen LogP contribution >= 0.6 is 0 Å². The highest BCUT2D eigenvalue weighted by Gasteiger charge is 2.08. The number of aliphatic hydroxyl groups excluding tert-OH is 1. The van der Waals surface area contributed by atoms with Crippen molar-refractivity contribution < 1.29 is 5.11 Å². The Hall–Kier alpha value is -0.300. The lowest BCUT2D eigenvalue weighted by molar-refractivity contribution is 0.155. The van der Waals surface area contributed by atoms with Gasteiger partial charge < -0.3 is 5.11 Å². The molecule has 0 aromatic carbocycles. The van der Waals surface area contributed by atoms with E-state index in [9.17, 15) is 5.11 Å². The number of hydrogen-bond acceptors (Lipinski definition) is 1. The van der Waals surface area contributed by atoms with Crippen LogP contribution in [0.4, 0.5) is 0 Å². The molecule has 0 radical (unpaired) electrons. The van der Waals surface area contributed by atoms with E-state index >= 15 is 0 Å². The highest BCUT2D eigenvalue weighted by atomic mass is 16.3. The molecule has 2 unspecified atom stereocenters. The van der Waals surface area contributed by atoms with Crippen molar-refractivity contribution in [3.63, 3.8) is 0 Å². The van der Waals surface area contributed by atoms with E-state index in [0.717, 1.165) is 6.42 Å². The zero-order valence-corrected chi connectivity index (χ0v) is 7.71. The molecule has 0 rings (SSSR count). The summed E-state index contributed by atoms with van der Waals surface area (Å²) in [4.78, 5) is 0. The predicted octanol–water partition coefficient (Wildman–Crippen LogP) is 2.75. The molecule has 0 aromatic rings. The maximum absolute atomic E-state index is 9.31. The summed E-state index contributed by atoms with van der Waals surface area (Å²) >= 11 is 0. The SMILES string of the molecule is C=CC(O)C(C)CCCCC. The van der Waals surface area contributed by atoms with E-state index in [1.165, 1.54) is 19.3 Å². The molecule has 0 saturated carbocycles. The minimum atomic E-state index is -0.313. The van der Waals surface area contributed by atoms with Gasteiger partial charge in [-0.15, -0.1) is 6.58 Å². The van der Waals surface area contributed by atoms with Crippen molar-refractivity contribution in [1.82, 2.24) is 0 Å². The predicted molar refractivity (Wildman–Crippen MR) is 49.5 cm³/mol. The third-order valence-electron chi connectivity index (χ3n) is 2.09. The van der Waals surface area contributed by atoms with Gasteiger partial charge in [0.15, 0.2) is 0 Å². The average molecular weight is 156 g/mol. The first-order chi connectivity index (χ1) is 5.22. The van der Waals surface area contributed by atoms with Crippen LogP contribution in [0.1, 0.15) is 39.5 Å². The Bertz CT molecular complexity index is 99.0. The van der Waals surface area contributed by atoms with Crippen LogP contribution in [0.25, 0.3) is 0 Å². The third-order valence-corrected chi connectivity index (χ3v) is 2.09. The largest absolute Gasteiger partial charge is 0.389 e. The van der Waals surface area contributed by atoms with Gasteiger partial charge in [0.1, 0.15) is 0 Å². The summed E-state index contributed by atoms with van der Waals surface area (Å²) in [5.41, 5.74) is 0.